The summed E-state index contributed by atoms with van der Waals surface area (Å²) in [6.07, 6.45) is 3.57. The summed E-state index contributed by atoms with van der Waals surface area (Å²) < 4.78 is 1.43. The van der Waals surface area contributed by atoms with Crippen LogP contribution in [0.3, 0.4) is 0 Å². The number of fused-ring (bicyclic) bond motifs is 4. The zero-order chi connectivity index (χ0) is 33.3. The zero-order valence-corrected chi connectivity index (χ0v) is 36.8. The third-order valence-corrected chi connectivity index (χ3v) is 28.5. The van der Waals surface area contributed by atoms with Gasteiger partial charge in [-0.2, -0.15) is 0 Å². The molecule has 1 heterocycles. The molecule has 0 N–H and O–H groups in total. The number of allylic oxidation sites excluding steroid dienone is 1. The van der Waals surface area contributed by atoms with Crippen molar-refractivity contribution in [3.8, 4) is 22.3 Å². The third kappa shape index (κ3) is 6.30. The summed E-state index contributed by atoms with van der Waals surface area (Å²) in [4.78, 5) is 0. The number of benzene rings is 4. The van der Waals surface area contributed by atoms with Gasteiger partial charge in [0.15, 0.2) is 0 Å². The van der Waals surface area contributed by atoms with Crippen LogP contribution in [0.25, 0.3) is 28.3 Å². The summed E-state index contributed by atoms with van der Waals surface area (Å²) in [7, 11) is 12.3. The van der Waals surface area contributed by atoms with Crippen LogP contribution in [0.1, 0.15) is 60.3 Å². The molecule has 1 aliphatic carbocycles. The van der Waals surface area contributed by atoms with E-state index in [4.69, 9.17) is 17.0 Å². The number of rotatable bonds is 8. The number of hydrogen-bond acceptors (Lipinski definition) is 0. The van der Waals surface area contributed by atoms with E-state index in [9.17, 15) is 0 Å². The van der Waals surface area contributed by atoms with Gasteiger partial charge in [-0.25, -0.2) is 0 Å². The van der Waals surface area contributed by atoms with Crippen molar-refractivity contribution >= 4 is 72.8 Å². The molecule has 0 nitrogen and oxygen atoms in total. The first-order valence-electron chi connectivity index (χ1n) is 17.1. The van der Waals surface area contributed by atoms with E-state index in [2.05, 4.69) is 146 Å². The maximum atomic E-state index is 8.04. The van der Waals surface area contributed by atoms with E-state index in [1.165, 1.54) is 58.2 Å². The fourth-order valence-corrected chi connectivity index (χ4v) is 27.0. The van der Waals surface area contributed by atoms with Crippen LogP contribution in [0, 0.1) is 5.92 Å². The standard InChI is InChI=1S/C28H41Si2.C12H9Si.2ClH.Zr/c1-19(2)13-21-14-22-11-12-26(20(3)4)28(27(22)15-21)23-16-24(29(5,6)7)18-25(17-23)30(8,9)10;1-3-7-11-9(5-1)10-6-2-4-8-12(10)13-11;;;/h11-12,14-20H,13H2,1-10H3;1-7H,13H2;2*1H;/q;;;;+2/p-2. The molecule has 0 saturated carbocycles. The summed E-state index contributed by atoms with van der Waals surface area (Å²) in [5, 5.41) is 6.14. The van der Waals surface area contributed by atoms with E-state index in [-0.39, 0.29) is 3.63 Å². The molecular weight excluding hydrogens is 727 g/mol. The molecule has 6 rings (SSSR count). The van der Waals surface area contributed by atoms with Gasteiger partial charge in [-0.05, 0) is 0 Å². The van der Waals surface area contributed by atoms with Gasteiger partial charge in [0.25, 0.3) is 0 Å². The van der Waals surface area contributed by atoms with Crippen molar-refractivity contribution < 1.29 is 17.9 Å². The van der Waals surface area contributed by atoms with E-state index in [1.807, 2.05) is 0 Å². The van der Waals surface area contributed by atoms with Crippen molar-refractivity contribution in [1.82, 2.24) is 0 Å². The Morgan fingerprint density at radius 1 is 0.761 bits per heavy atom. The molecule has 1 unspecified atom stereocenters. The Kier molecular flexibility index (Phi) is 9.45. The topological polar surface area (TPSA) is 0 Å². The van der Waals surface area contributed by atoms with E-state index in [0.717, 1.165) is 6.42 Å². The van der Waals surface area contributed by atoms with Gasteiger partial charge >= 0.3 is 297 Å². The molecule has 0 bridgehead atoms. The van der Waals surface area contributed by atoms with E-state index in [1.54, 1.807) is 10.4 Å². The molecule has 2 aliphatic rings. The van der Waals surface area contributed by atoms with Crippen molar-refractivity contribution in [2.45, 2.75) is 82.9 Å². The number of hydrogen-bond donors (Lipinski definition) is 0. The van der Waals surface area contributed by atoms with Crippen LogP contribution in [-0.4, -0.2) is 25.7 Å². The van der Waals surface area contributed by atoms with E-state index >= 15 is 0 Å². The summed E-state index contributed by atoms with van der Waals surface area (Å²) in [6, 6.07) is 28.3. The number of halogens is 2. The minimum absolute atomic E-state index is 0.107. The molecule has 6 heteroatoms. The van der Waals surface area contributed by atoms with Crippen molar-refractivity contribution in [2.24, 2.45) is 5.92 Å². The van der Waals surface area contributed by atoms with Gasteiger partial charge in [-0.3, -0.25) is 0 Å². The fourth-order valence-electron chi connectivity index (χ4n) is 7.67. The molecule has 1 aliphatic heterocycles. The van der Waals surface area contributed by atoms with Gasteiger partial charge in [-0.1, -0.05) is 0 Å². The minimum atomic E-state index is -4.06. The van der Waals surface area contributed by atoms with E-state index in [0.29, 0.717) is 11.8 Å². The van der Waals surface area contributed by atoms with Crippen LogP contribution >= 0.6 is 17.0 Å². The van der Waals surface area contributed by atoms with Gasteiger partial charge in [0.1, 0.15) is 0 Å². The molecule has 0 spiro atoms. The molecule has 0 aromatic heterocycles. The Labute approximate surface area is 294 Å². The van der Waals surface area contributed by atoms with Crippen molar-refractivity contribution in [3.63, 3.8) is 0 Å². The average Bonchev–Trinajstić information content (AvgIpc) is 3.53. The molecule has 0 amide bonds. The molecule has 240 valence electrons. The predicted molar refractivity (Wildman–Crippen MR) is 213 cm³/mol. The molecule has 4 aromatic rings. The quantitative estimate of drug-likeness (QED) is 0.138. The van der Waals surface area contributed by atoms with Crippen molar-refractivity contribution in [2.75, 3.05) is 0 Å². The Morgan fingerprint density at radius 3 is 2.00 bits per heavy atom. The van der Waals surface area contributed by atoms with Crippen molar-refractivity contribution in [3.05, 3.63) is 95.1 Å². The third-order valence-electron chi connectivity index (χ3n) is 10.1. The Hall–Kier alpha value is -1.27. The van der Waals surface area contributed by atoms with Crippen LogP contribution < -0.4 is 24.0 Å². The van der Waals surface area contributed by atoms with E-state index < -0.39 is 43.5 Å². The maximum absolute atomic E-state index is 8.04. The summed E-state index contributed by atoms with van der Waals surface area (Å²) in [6.45, 7) is 24.3. The summed E-state index contributed by atoms with van der Waals surface area (Å²) >= 11 is -4.06. The SMILES string of the molecule is CC(C)CC1=Cc2c(ccc(C(C)C)c2-c2cc([Si](C)(C)C)cc([Si](C)(C)C)c2)[CH]1[Zr]([Cl])([Cl])[c]1cccc2c1[SiH2]c1ccccc1-2. The first kappa shape index (κ1) is 34.6. The molecule has 46 heavy (non-hydrogen) atoms. The fraction of sp³-hybridized carbons (Fsp3) is 0.350. The van der Waals surface area contributed by atoms with Crippen LogP contribution in [0.2, 0.25) is 39.3 Å². The van der Waals surface area contributed by atoms with Crippen LogP contribution in [0.4, 0.5) is 0 Å². The first-order valence-corrected chi connectivity index (χ1v) is 34.5. The Bertz CT molecular complexity index is 1830. The zero-order valence-electron chi connectivity index (χ0n) is 29.4. The van der Waals surface area contributed by atoms with Crippen LogP contribution in [-0.2, 0) is 17.9 Å². The summed E-state index contributed by atoms with van der Waals surface area (Å²) in [5.74, 6) is 0.940. The first-order chi connectivity index (χ1) is 21.5. The van der Waals surface area contributed by atoms with Gasteiger partial charge in [-0.15, -0.1) is 0 Å². The Morgan fingerprint density at radius 2 is 1.39 bits per heavy atom. The van der Waals surface area contributed by atoms with Gasteiger partial charge < -0.3 is 0 Å². The average molecular weight is 777 g/mol. The van der Waals surface area contributed by atoms with Crippen molar-refractivity contribution in [1.29, 1.82) is 0 Å². The molecule has 1 atom stereocenters. The molecule has 0 fully saturated rings. The van der Waals surface area contributed by atoms with Crippen LogP contribution in [0.15, 0.2) is 78.4 Å². The predicted octanol–water partition coefficient (Wildman–Crippen LogP) is 8.94. The monoisotopic (exact) mass is 774 g/mol. The van der Waals surface area contributed by atoms with Gasteiger partial charge in [0.2, 0.25) is 0 Å². The second-order valence-electron chi connectivity index (χ2n) is 16.5. The summed E-state index contributed by atoms with van der Waals surface area (Å²) in [5.41, 5.74) is 11.2. The van der Waals surface area contributed by atoms with Gasteiger partial charge in [0, 0.05) is 0 Å². The molecular formula is C40H50Cl2Si3Zr. The molecule has 4 aromatic carbocycles. The van der Waals surface area contributed by atoms with Crippen LogP contribution in [0.5, 0.6) is 0 Å². The second-order valence-corrected chi connectivity index (χ2v) is 42.5. The molecule has 0 radical (unpaired) electrons. The Balaban J connectivity index is 1.60. The normalized spacial score (nSPS) is 16.7. The second kappa shape index (κ2) is 12.6. The molecule has 0 saturated heterocycles. The van der Waals surface area contributed by atoms with Gasteiger partial charge in [0.05, 0.1) is 0 Å².